The summed E-state index contributed by atoms with van der Waals surface area (Å²) in [6.07, 6.45) is 0. The van der Waals surface area contributed by atoms with Gasteiger partial charge in [0.15, 0.2) is 5.16 Å². The summed E-state index contributed by atoms with van der Waals surface area (Å²) in [7, 11) is 0. The first-order valence-electron chi connectivity index (χ1n) is 8.79. The Labute approximate surface area is 159 Å². The number of hydrogen-bond donors (Lipinski definition) is 0. The van der Waals surface area contributed by atoms with Crippen LogP contribution < -0.4 is 5.56 Å². The number of fused-ring (bicyclic) bond motifs is 3. The molecule has 0 saturated carbocycles. The van der Waals surface area contributed by atoms with Crippen molar-refractivity contribution in [2.24, 2.45) is 5.92 Å². The lowest BCUT2D eigenvalue weighted by molar-refractivity contribution is 0.517. The molecule has 4 rings (SSSR count). The molecule has 0 aliphatic carbocycles. The van der Waals surface area contributed by atoms with Gasteiger partial charge < -0.3 is 0 Å². The molecular weight excluding hydrogens is 363 g/mol. The zero-order valence-corrected chi connectivity index (χ0v) is 15.9. The van der Waals surface area contributed by atoms with Gasteiger partial charge >= 0.3 is 0 Å². The summed E-state index contributed by atoms with van der Waals surface area (Å²) in [6, 6.07) is 14.2. The molecule has 4 aromatic rings. The van der Waals surface area contributed by atoms with Crippen LogP contribution in [0.5, 0.6) is 0 Å². The third-order valence-corrected chi connectivity index (χ3v) is 5.32. The van der Waals surface area contributed by atoms with Crippen LogP contribution in [0.4, 0.5) is 4.39 Å². The summed E-state index contributed by atoms with van der Waals surface area (Å²) >= 11 is 1.41. The fourth-order valence-electron chi connectivity index (χ4n) is 3.11. The molecule has 0 N–H and O–H groups in total. The minimum Gasteiger partial charge on any atom is -0.276 e. The zero-order valence-electron chi connectivity index (χ0n) is 15.1. The lowest BCUT2D eigenvalue weighted by Gasteiger charge is -2.12. The molecule has 0 aliphatic heterocycles. The van der Waals surface area contributed by atoms with Gasteiger partial charge in [0.1, 0.15) is 5.82 Å². The molecule has 138 valence electrons. The van der Waals surface area contributed by atoms with Crippen LogP contribution in [0.1, 0.15) is 19.4 Å². The largest absolute Gasteiger partial charge is 0.276 e. The summed E-state index contributed by atoms with van der Waals surface area (Å²) in [5.74, 6) is 1.01. The summed E-state index contributed by atoms with van der Waals surface area (Å²) in [6.45, 7) is 4.67. The minimum absolute atomic E-state index is 0.0650. The van der Waals surface area contributed by atoms with Gasteiger partial charge in [-0.25, -0.2) is 4.39 Å². The summed E-state index contributed by atoms with van der Waals surface area (Å²) in [5.41, 5.74) is 1.31. The van der Waals surface area contributed by atoms with Crippen molar-refractivity contribution in [2.45, 2.75) is 31.3 Å². The van der Waals surface area contributed by atoms with Crippen molar-refractivity contribution >= 4 is 28.4 Å². The van der Waals surface area contributed by atoms with Crippen LogP contribution in [0.25, 0.3) is 16.7 Å². The molecule has 0 amide bonds. The first-order chi connectivity index (χ1) is 13.1. The standard InChI is InChI=1S/C20H19FN4OS/c1-13(2)11-24-18(26)15-8-4-6-10-17(15)25-19(24)22-23-20(25)27-12-14-7-3-5-9-16(14)21/h3-10,13H,11-12H2,1-2H3. The van der Waals surface area contributed by atoms with Crippen molar-refractivity contribution in [1.29, 1.82) is 0 Å². The van der Waals surface area contributed by atoms with Gasteiger partial charge in [0, 0.05) is 12.3 Å². The molecular formula is C20H19FN4OS. The van der Waals surface area contributed by atoms with Crippen LogP contribution in [-0.2, 0) is 12.3 Å². The average Bonchev–Trinajstić information content (AvgIpc) is 3.08. The number of hydrogen-bond acceptors (Lipinski definition) is 4. The van der Waals surface area contributed by atoms with Gasteiger partial charge in [0.25, 0.3) is 5.56 Å². The third-order valence-electron chi connectivity index (χ3n) is 4.34. The second kappa shape index (κ2) is 7.15. The Morgan fingerprint density at radius 2 is 1.81 bits per heavy atom. The second-order valence-electron chi connectivity index (χ2n) is 6.82. The maximum Gasteiger partial charge on any atom is 0.262 e. The van der Waals surface area contributed by atoms with Gasteiger partial charge in [-0.05, 0) is 29.7 Å². The van der Waals surface area contributed by atoms with Crippen molar-refractivity contribution < 1.29 is 4.39 Å². The smallest absolute Gasteiger partial charge is 0.262 e. The zero-order chi connectivity index (χ0) is 19.0. The van der Waals surface area contributed by atoms with Gasteiger partial charge in [-0.2, -0.15) is 0 Å². The Balaban J connectivity index is 1.86. The van der Waals surface area contributed by atoms with Crippen molar-refractivity contribution in [2.75, 3.05) is 0 Å². The summed E-state index contributed by atoms with van der Waals surface area (Å²) in [4.78, 5) is 12.9. The molecule has 2 heterocycles. The summed E-state index contributed by atoms with van der Waals surface area (Å²) < 4.78 is 17.5. The number of aromatic nitrogens is 4. The molecule has 0 spiro atoms. The maximum atomic E-state index is 13.9. The Morgan fingerprint density at radius 1 is 1.07 bits per heavy atom. The first kappa shape index (κ1) is 17.7. The number of rotatable bonds is 5. The summed E-state index contributed by atoms with van der Waals surface area (Å²) in [5, 5.41) is 9.84. The van der Waals surface area contributed by atoms with E-state index in [1.807, 2.05) is 34.7 Å². The van der Waals surface area contributed by atoms with E-state index in [4.69, 9.17) is 0 Å². The van der Waals surface area contributed by atoms with Gasteiger partial charge in [-0.3, -0.25) is 13.8 Å². The fraction of sp³-hybridized carbons (Fsp3) is 0.250. The van der Waals surface area contributed by atoms with E-state index in [1.165, 1.54) is 17.8 Å². The van der Waals surface area contributed by atoms with Crippen LogP contribution in [0.2, 0.25) is 0 Å². The van der Waals surface area contributed by atoms with Crippen LogP contribution in [0.3, 0.4) is 0 Å². The van der Waals surface area contributed by atoms with Gasteiger partial charge in [0.05, 0.1) is 10.9 Å². The van der Waals surface area contributed by atoms with Crippen molar-refractivity contribution in [1.82, 2.24) is 19.2 Å². The number of thioether (sulfide) groups is 1. The SMILES string of the molecule is CC(C)Cn1c(=O)c2ccccc2n2c(SCc3ccccc3F)nnc12. The highest BCUT2D eigenvalue weighted by molar-refractivity contribution is 7.98. The Kier molecular flexibility index (Phi) is 4.70. The molecule has 27 heavy (non-hydrogen) atoms. The van der Waals surface area contributed by atoms with E-state index in [2.05, 4.69) is 24.0 Å². The average molecular weight is 382 g/mol. The normalized spacial score (nSPS) is 11.7. The van der Waals surface area contributed by atoms with E-state index in [0.717, 1.165) is 5.52 Å². The lowest BCUT2D eigenvalue weighted by Crippen LogP contribution is -2.25. The molecule has 7 heteroatoms. The van der Waals surface area contributed by atoms with Crippen LogP contribution >= 0.6 is 11.8 Å². The number of halogens is 1. The Hall–Kier alpha value is -2.67. The molecule has 0 radical (unpaired) electrons. The van der Waals surface area contributed by atoms with Crippen molar-refractivity contribution in [3.05, 3.63) is 70.3 Å². The lowest BCUT2D eigenvalue weighted by atomic mass is 10.2. The first-order valence-corrected chi connectivity index (χ1v) is 9.77. The van der Waals surface area contributed by atoms with E-state index in [9.17, 15) is 9.18 Å². The molecule has 0 unspecified atom stereocenters. The van der Waals surface area contributed by atoms with E-state index < -0.39 is 0 Å². The molecule has 0 fully saturated rings. The third kappa shape index (κ3) is 3.23. The minimum atomic E-state index is -0.236. The van der Waals surface area contributed by atoms with E-state index in [-0.39, 0.29) is 11.4 Å². The predicted molar refractivity (Wildman–Crippen MR) is 106 cm³/mol. The predicted octanol–water partition coefficient (Wildman–Crippen LogP) is 4.13. The van der Waals surface area contributed by atoms with Crippen molar-refractivity contribution in [3.8, 4) is 0 Å². The molecule has 0 bridgehead atoms. The molecule has 0 aliphatic rings. The maximum absolute atomic E-state index is 13.9. The molecule has 2 aromatic carbocycles. The monoisotopic (exact) mass is 382 g/mol. The van der Waals surface area contributed by atoms with E-state index >= 15 is 0 Å². The Bertz CT molecular complexity index is 1180. The highest BCUT2D eigenvalue weighted by atomic mass is 32.2. The van der Waals surface area contributed by atoms with Gasteiger partial charge in [-0.15, -0.1) is 10.2 Å². The van der Waals surface area contributed by atoms with Crippen LogP contribution in [0, 0.1) is 11.7 Å². The molecule has 5 nitrogen and oxygen atoms in total. The Morgan fingerprint density at radius 3 is 2.59 bits per heavy atom. The van der Waals surface area contributed by atoms with E-state index in [0.29, 0.717) is 40.1 Å². The molecule has 0 atom stereocenters. The molecule has 2 aromatic heterocycles. The quantitative estimate of drug-likeness (QED) is 0.487. The fourth-order valence-corrected chi connectivity index (χ4v) is 4.04. The van der Waals surface area contributed by atoms with Crippen LogP contribution in [-0.4, -0.2) is 19.2 Å². The van der Waals surface area contributed by atoms with Crippen LogP contribution in [0.15, 0.2) is 58.5 Å². The van der Waals surface area contributed by atoms with Crippen molar-refractivity contribution in [3.63, 3.8) is 0 Å². The number of nitrogens with zero attached hydrogens (tertiary/aromatic N) is 4. The van der Waals surface area contributed by atoms with Gasteiger partial charge in [0.2, 0.25) is 5.78 Å². The second-order valence-corrected chi connectivity index (χ2v) is 7.77. The highest BCUT2D eigenvalue weighted by Gasteiger charge is 2.17. The molecule has 0 saturated heterocycles. The van der Waals surface area contributed by atoms with Gasteiger partial charge in [-0.1, -0.05) is 55.9 Å². The highest BCUT2D eigenvalue weighted by Crippen LogP contribution is 2.25. The van der Waals surface area contributed by atoms with E-state index in [1.54, 1.807) is 16.7 Å². The number of benzene rings is 2. The topological polar surface area (TPSA) is 52.2 Å². The number of para-hydroxylation sites is 1.